The van der Waals surface area contributed by atoms with Gasteiger partial charge in [0.05, 0.1) is 16.1 Å². The van der Waals surface area contributed by atoms with Gasteiger partial charge in [0.1, 0.15) is 0 Å². The Morgan fingerprint density at radius 1 is 1.17 bits per heavy atom. The van der Waals surface area contributed by atoms with Gasteiger partial charge >= 0.3 is 6.18 Å². The zero-order valence-corrected chi connectivity index (χ0v) is 16.1. The van der Waals surface area contributed by atoms with Gasteiger partial charge in [-0.05, 0) is 29.6 Å². The summed E-state index contributed by atoms with van der Waals surface area (Å²) in [5.41, 5.74) is -0.649. The van der Waals surface area contributed by atoms with Crippen LogP contribution in [0.25, 0.3) is 16.4 Å². The number of halogens is 3. The fraction of sp³-hybridized carbons (Fsp3) is 0.150. The largest absolute Gasteiger partial charge is 0.416 e. The first kappa shape index (κ1) is 20.5. The number of benzene rings is 1. The van der Waals surface area contributed by atoms with E-state index in [1.807, 2.05) is 5.38 Å². The molecule has 2 aromatic heterocycles. The zero-order chi connectivity index (χ0) is 21.0. The predicted octanol–water partition coefficient (Wildman–Crippen LogP) is 4.83. The maximum absolute atomic E-state index is 13.1. The smallest absolute Gasteiger partial charge is 0.328 e. The van der Waals surface area contributed by atoms with Gasteiger partial charge in [-0.25, -0.2) is 9.67 Å². The minimum Gasteiger partial charge on any atom is -0.328 e. The van der Waals surface area contributed by atoms with E-state index in [4.69, 9.17) is 0 Å². The molecule has 1 aromatic carbocycles. The molecule has 0 fully saturated rings. The Morgan fingerprint density at radius 2 is 1.90 bits per heavy atom. The average molecular weight is 418 g/mol. The van der Waals surface area contributed by atoms with Crippen molar-refractivity contribution in [2.45, 2.75) is 6.18 Å². The van der Waals surface area contributed by atoms with E-state index in [9.17, 15) is 18.0 Å². The highest BCUT2D eigenvalue weighted by atomic mass is 32.1. The van der Waals surface area contributed by atoms with E-state index in [-0.39, 0.29) is 24.6 Å². The van der Waals surface area contributed by atoms with Crippen LogP contribution < -0.4 is 0 Å². The van der Waals surface area contributed by atoms with E-state index in [1.54, 1.807) is 24.3 Å². The number of aromatic nitrogens is 3. The Hall–Kier alpha value is -3.20. The molecule has 0 spiro atoms. The van der Waals surface area contributed by atoms with Crippen LogP contribution in [0.4, 0.5) is 13.2 Å². The van der Waals surface area contributed by atoms with Crippen LogP contribution in [0.15, 0.2) is 67.1 Å². The van der Waals surface area contributed by atoms with Crippen molar-refractivity contribution in [3.8, 4) is 16.4 Å². The molecule has 0 bridgehead atoms. The number of thiophene rings is 1. The first-order chi connectivity index (χ1) is 13.8. The van der Waals surface area contributed by atoms with Crippen molar-refractivity contribution < 1.29 is 18.0 Å². The second-order valence-electron chi connectivity index (χ2n) is 5.98. The summed E-state index contributed by atoms with van der Waals surface area (Å²) in [5.74, 6) is -0.289. The third-order valence-corrected chi connectivity index (χ3v) is 4.81. The maximum atomic E-state index is 13.1. The van der Waals surface area contributed by atoms with Gasteiger partial charge in [0.15, 0.2) is 5.82 Å². The molecule has 0 saturated carbocycles. The van der Waals surface area contributed by atoms with E-state index in [1.165, 1.54) is 33.1 Å². The first-order valence-electron chi connectivity index (χ1n) is 8.54. The van der Waals surface area contributed by atoms with Crippen molar-refractivity contribution >= 4 is 17.2 Å². The van der Waals surface area contributed by atoms with E-state index < -0.39 is 17.6 Å². The predicted molar refractivity (Wildman–Crippen MR) is 106 cm³/mol. The molecule has 150 valence electrons. The molecule has 0 radical (unpaired) electrons. The fourth-order valence-corrected chi connectivity index (χ4v) is 3.35. The first-order valence-corrected chi connectivity index (χ1v) is 9.42. The number of hydrogen-bond donors (Lipinski definition) is 0. The third-order valence-electron chi connectivity index (χ3n) is 3.94. The highest BCUT2D eigenvalue weighted by Gasteiger charge is 2.31. The second kappa shape index (κ2) is 8.44. The Labute approximate surface area is 169 Å². The normalized spacial score (nSPS) is 11.3. The van der Waals surface area contributed by atoms with Crippen LogP contribution in [-0.4, -0.2) is 38.7 Å². The molecule has 3 aromatic rings. The molecule has 0 N–H and O–H groups in total. The summed E-state index contributed by atoms with van der Waals surface area (Å²) in [7, 11) is 0. The molecule has 9 heteroatoms. The van der Waals surface area contributed by atoms with Gasteiger partial charge in [-0.1, -0.05) is 24.3 Å². The molecule has 0 unspecified atom stereocenters. The summed E-state index contributed by atoms with van der Waals surface area (Å²) in [6, 6.07) is 8.28. The van der Waals surface area contributed by atoms with E-state index in [2.05, 4.69) is 23.2 Å². The number of carbonyl (C=O) groups excluding carboxylic acids is 1. The van der Waals surface area contributed by atoms with Gasteiger partial charge in [-0.15, -0.1) is 29.6 Å². The SMILES string of the molecule is C=CCN(CC=C)C(=O)c1nc(-c2cccs2)n(-c2cccc(C(F)(F)F)c2)n1. The summed E-state index contributed by atoms with van der Waals surface area (Å²) in [5, 5.41) is 6.04. The van der Waals surface area contributed by atoms with Gasteiger partial charge in [0.25, 0.3) is 5.91 Å². The molecule has 0 aliphatic carbocycles. The molecule has 0 aliphatic rings. The molecule has 0 atom stereocenters. The number of rotatable bonds is 7. The second-order valence-corrected chi connectivity index (χ2v) is 6.93. The Balaban J connectivity index is 2.11. The minimum absolute atomic E-state index is 0.116. The third kappa shape index (κ3) is 4.45. The highest BCUT2D eigenvalue weighted by molar-refractivity contribution is 7.13. The molecular weight excluding hydrogens is 401 g/mol. The van der Waals surface area contributed by atoms with Gasteiger partial charge in [-0.2, -0.15) is 13.2 Å². The lowest BCUT2D eigenvalue weighted by molar-refractivity contribution is -0.137. The standard InChI is InChI=1S/C20H17F3N4OS/c1-3-10-26(11-4-2)19(28)17-24-18(16-9-6-12-29-16)27(25-17)15-8-5-7-14(13-15)20(21,22)23/h3-9,12-13H,1-2,10-11H2. The molecule has 0 saturated heterocycles. The summed E-state index contributed by atoms with van der Waals surface area (Å²) in [6.45, 7) is 7.77. The lowest BCUT2D eigenvalue weighted by Crippen LogP contribution is -2.32. The maximum Gasteiger partial charge on any atom is 0.416 e. The monoisotopic (exact) mass is 418 g/mol. The van der Waals surface area contributed by atoms with Crippen LogP contribution >= 0.6 is 11.3 Å². The van der Waals surface area contributed by atoms with Crippen LogP contribution in [-0.2, 0) is 6.18 Å². The van der Waals surface area contributed by atoms with Crippen LogP contribution in [0.3, 0.4) is 0 Å². The van der Waals surface area contributed by atoms with Crippen molar-refractivity contribution in [3.05, 3.63) is 78.5 Å². The lowest BCUT2D eigenvalue weighted by Gasteiger charge is -2.16. The number of amides is 1. The van der Waals surface area contributed by atoms with Gasteiger partial charge in [0.2, 0.25) is 5.82 Å². The van der Waals surface area contributed by atoms with Crippen molar-refractivity contribution in [1.29, 1.82) is 0 Å². The molecule has 2 heterocycles. The fourth-order valence-electron chi connectivity index (χ4n) is 2.66. The molecule has 29 heavy (non-hydrogen) atoms. The van der Waals surface area contributed by atoms with Gasteiger partial charge < -0.3 is 4.90 Å². The Kier molecular flexibility index (Phi) is 5.97. The molecule has 3 rings (SSSR count). The van der Waals surface area contributed by atoms with Crippen molar-refractivity contribution in [1.82, 2.24) is 19.7 Å². The topological polar surface area (TPSA) is 51.0 Å². The number of alkyl halides is 3. The molecule has 0 aliphatic heterocycles. The van der Waals surface area contributed by atoms with Crippen LogP contribution in [0.2, 0.25) is 0 Å². The summed E-state index contributed by atoms with van der Waals surface area (Å²) in [4.78, 5) is 19.3. The number of hydrogen-bond acceptors (Lipinski definition) is 4. The van der Waals surface area contributed by atoms with Crippen molar-refractivity contribution in [3.63, 3.8) is 0 Å². The van der Waals surface area contributed by atoms with Gasteiger partial charge in [0, 0.05) is 13.1 Å². The summed E-state index contributed by atoms with van der Waals surface area (Å²) >= 11 is 1.35. The summed E-state index contributed by atoms with van der Waals surface area (Å²) < 4.78 is 40.7. The van der Waals surface area contributed by atoms with Crippen molar-refractivity contribution in [2.24, 2.45) is 0 Å². The Morgan fingerprint density at radius 3 is 2.48 bits per heavy atom. The van der Waals surface area contributed by atoms with Crippen LogP contribution in [0.1, 0.15) is 16.2 Å². The molecule has 5 nitrogen and oxygen atoms in total. The Bertz CT molecular complexity index is 1010. The van der Waals surface area contributed by atoms with Crippen LogP contribution in [0, 0.1) is 0 Å². The number of nitrogens with zero attached hydrogens (tertiary/aromatic N) is 4. The van der Waals surface area contributed by atoms with E-state index >= 15 is 0 Å². The molecular formula is C20H17F3N4OS. The highest BCUT2D eigenvalue weighted by Crippen LogP contribution is 2.32. The van der Waals surface area contributed by atoms with E-state index in [0.29, 0.717) is 10.7 Å². The average Bonchev–Trinajstić information content (AvgIpc) is 3.36. The number of carbonyl (C=O) groups is 1. The van der Waals surface area contributed by atoms with Crippen molar-refractivity contribution in [2.75, 3.05) is 13.1 Å². The van der Waals surface area contributed by atoms with Crippen LogP contribution in [0.5, 0.6) is 0 Å². The quantitative estimate of drug-likeness (QED) is 0.517. The minimum atomic E-state index is -4.50. The summed E-state index contributed by atoms with van der Waals surface area (Å²) in [6.07, 6.45) is -1.38. The van der Waals surface area contributed by atoms with Gasteiger partial charge in [-0.3, -0.25) is 4.79 Å². The van der Waals surface area contributed by atoms with E-state index in [0.717, 1.165) is 12.1 Å². The molecule has 1 amide bonds. The lowest BCUT2D eigenvalue weighted by atomic mass is 10.2. The zero-order valence-electron chi connectivity index (χ0n) is 15.3.